The zero-order chi connectivity index (χ0) is 13.3. The van der Waals surface area contributed by atoms with Gasteiger partial charge < -0.3 is 15.2 Å². The molecule has 3 saturated carbocycles. The van der Waals surface area contributed by atoms with Crippen molar-refractivity contribution in [1.82, 2.24) is 5.32 Å². The first-order valence-corrected chi connectivity index (χ1v) is 7.70. The number of ether oxygens (including phenoxy) is 1. The number of nitrogens with one attached hydrogen (secondary N) is 1. The van der Waals surface area contributed by atoms with E-state index in [1.807, 2.05) is 0 Å². The van der Waals surface area contributed by atoms with E-state index in [2.05, 4.69) is 5.32 Å². The quantitative estimate of drug-likeness (QED) is 0.819. The highest BCUT2D eigenvalue weighted by molar-refractivity contribution is 5.75. The summed E-state index contributed by atoms with van der Waals surface area (Å²) in [6, 6.07) is 0. The highest BCUT2D eigenvalue weighted by atomic mass is 16.5. The fourth-order valence-electron chi connectivity index (χ4n) is 4.06. The van der Waals surface area contributed by atoms with Crippen molar-refractivity contribution in [3.05, 3.63) is 0 Å². The summed E-state index contributed by atoms with van der Waals surface area (Å²) < 4.78 is 6.15. The smallest absolute Gasteiger partial charge is 0.309 e. The van der Waals surface area contributed by atoms with Crippen molar-refractivity contribution in [2.75, 3.05) is 19.7 Å². The summed E-state index contributed by atoms with van der Waals surface area (Å²) in [6.45, 7) is 2.99. The standard InChI is InChI=1S/C15H25NO3/c17-13(18)15-6-3-14(4-7-15,5-8-15)11-19-12-1-9-16-10-2-12/h12,16H,1-11H2,(H,17,18). The molecule has 4 heteroatoms. The van der Waals surface area contributed by atoms with Crippen molar-refractivity contribution in [3.8, 4) is 0 Å². The van der Waals surface area contributed by atoms with Crippen molar-refractivity contribution in [2.24, 2.45) is 10.8 Å². The molecule has 0 amide bonds. The summed E-state index contributed by atoms with van der Waals surface area (Å²) in [6.07, 6.45) is 8.38. The lowest BCUT2D eigenvalue weighted by molar-refractivity contribution is -0.162. The van der Waals surface area contributed by atoms with Crippen molar-refractivity contribution >= 4 is 5.97 Å². The van der Waals surface area contributed by atoms with Gasteiger partial charge in [-0.1, -0.05) is 0 Å². The zero-order valence-electron chi connectivity index (χ0n) is 11.6. The topological polar surface area (TPSA) is 58.6 Å². The molecule has 0 aromatic heterocycles. The Bertz CT molecular complexity index is 325. The molecule has 4 rings (SSSR count). The van der Waals surface area contributed by atoms with Gasteiger partial charge in [-0.2, -0.15) is 0 Å². The molecule has 0 aromatic carbocycles. The van der Waals surface area contributed by atoms with Gasteiger partial charge in [0.2, 0.25) is 0 Å². The van der Waals surface area contributed by atoms with E-state index in [9.17, 15) is 9.90 Å². The van der Waals surface area contributed by atoms with Gasteiger partial charge >= 0.3 is 5.97 Å². The van der Waals surface area contributed by atoms with Crippen LogP contribution in [0.1, 0.15) is 51.4 Å². The van der Waals surface area contributed by atoms with Crippen LogP contribution in [-0.2, 0) is 9.53 Å². The minimum absolute atomic E-state index is 0.294. The number of rotatable bonds is 4. The number of carboxylic acid groups (broad SMARTS) is 1. The second-order valence-corrected chi connectivity index (χ2v) is 6.85. The maximum absolute atomic E-state index is 11.4. The van der Waals surface area contributed by atoms with Crippen LogP contribution in [0.5, 0.6) is 0 Å². The maximum Gasteiger partial charge on any atom is 0.309 e. The predicted molar refractivity (Wildman–Crippen MR) is 72.0 cm³/mol. The number of carboxylic acids is 1. The average Bonchev–Trinajstić information content (AvgIpc) is 2.48. The normalized spacial score (nSPS) is 39.4. The lowest BCUT2D eigenvalue weighted by Crippen LogP contribution is -2.48. The highest BCUT2D eigenvalue weighted by Gasteiger charge is 2.52. The molecule has 4 nitrogen and oxygen atoms in total. The Kier molecular flexibility index (Phi) is 3.56. The summed E-state index contributed by atoms with van der Waals surface area (Å²) >= 11 is 0. The number of hydrogen-bond acceptors (Lipinski definition) is 3. The molecule has 2 bridgehead atoms. The molecule has 0 radical (unpaired) electrons. The summed E-state index contributed by atoms with van der Waals surface area (Å²) in [5.74, 6) is -0.569. The van der Waals surface area contributed by atoms with E-state index in [0.717, 1.165) is 71.1 Å². The summed E-state index contributed by atoms with van der Waals surface area (Å²) in [7, 11) is 0. The van der Waals surface area contributed by atoms with E-state index in [0.29, 0.717) is 11.5 Å². The van der Waals surface area contributed by atoms with Crippen LogP contribution in [0.15, 0.2) is 0 Å². The molecule has 4 fully saturated rings. The molecule has 108 valence electrons. The molecule has 0 spiro atoms. The average molecular weight is 267 g/mol. The summed E-state index contributed by atoms with van der Waals surface area (Å²) in [5.41, 5.74) is -0.0986. The van der Waals surface area contributed by atoms with Gasteiger partial charge in [0.15, 0.2) is 0 Å². The molecule has 2 N–H and O–H groups in total. The van der Waals surface area contributed by atoms with Gasteiger partial charge in [0.25, 0.3) is 0 Å². The Balaban J connectivity index is 1.54. The first kappa shape index (κ1) is 13.4. The highest BCUT2D eigenvalue weighted by Crippen LogP contribution is 2.57. The number of aliphatic carboxylic acids is 1. The van der Waals surface area contributed by atoms with Crippen molar-refractivity contribution in [2.45, 2.75) is 57.5 Å². The Morgan fingerprint density at radius 2 is 1.68 bits per heavy atom. The van der Waals surface area contributed by atoms with Gasteiger partial charge in [0, 0.05) is 0 Å². The third-order valence-electron chi connectivity index (χ3n) is 5.77. The van der Waals surface area contributed by atoms with Crippen LogP contribution in [0, 0.1) is 10.8 Å². The molecular formula is C15H25NO3. The monoisotopic (exact) mass is 267 g/mol. The van der Waals surface area contributed by atoms with Crippen LogP contribution >= 0.6 is 0 Å². The fourth-order valence-corrected chi connectivity index (χ4v) is 4.06. The second kappa shape index (κ2) is 5.06. The van der Waals surface area contributed by atoms with Gasteiger partial charge in [-0.25, -0.2) is 0 Å². The fraction of sp³-hybridized carbons (Fsp3) is 0.933. The number of hydrogen-bond donors (Lipinski definition) is 2. The molecule has 3 aliphatic carbocycles. The van der Waals surface area contributed by atoms with E-state index >= 15 is 0 Å². The molecule has 19 heavy (non-hydrogen) atoms. The van der Waals surface area contributed by atoms with E-state index in [1.54, 1.807) is 0 Å². The predicted octanol–water partition coefficient (Wildman–Crippen LogP) is 2.18. The van der Waals surface area contributed by atoms with Crippen LogP contribution < -0.4 is 5.32 Å². The van der Waals surface area contributed by atoms with Crippen LogP contribution in [0.2, 0.25) is 0 Å². The van der Waals surface area contributed by atoms with Gasteiger partial charge in [-0.05, 0) is 69.9 Å². The molecule has 1 aliphatic heterocycles. The third kappa shape index (κ3) is 2.52. The van der Waals surface area contributed by atoms with Crippen LogP contribution in [-0.4, -0.2) is 36.9 Å². The molecule has 4 aliphatic rings. The molecule has 0 aromatic rings. The van der Waals surface area contributed by atoms with Crippen molar-refractivity contribution in [3.63, 3.8) is 0 Å². The number of carbonyl (C=O) groups is 1. The number of piperidine rings is 1. The molecule has 0 atom stereocenters. The maximum atomic E-state index is 11.4. The zero-order valence-corrected chi connectivity index (χ0v) is 11.6. The first-order chi connectivity index (χ1) is 9.14. The minimum atomic E-state index is -0.569. The molecule has 1 saturated heterocycles. The lowest BCUT2D eigenvalue weighted by atomic mass is 9.54. The molecule has 0 unspecified atom stereocenters. The van der Waals surface area contributed by atoms with E-state index in [1.165, 1.54) is 0 Å². The summed E-state index contributed by atoms with van der Waals surface area (Å²) in [5, 5.41) is 12.7. The Hall–Kier alpha value is -0.610. The van der Waals surface area contributed by atoms with Crippen LogP contribution in [0.4, 0.5) is 0 Å². The minimum Gasteiger partial charge on any atom is -0.481 e. The first-order valence-electron chi connectivity index (χ1n) is 7.70. The van der Waals surface area contributed by atoms with Crippen molar-refractivity contribution < 1.29 is 14.6 Å². The summed E-state index contributed by atoms with van der Waals surface area (Å²) in [4.78, 5) is 11.4. The SMILES string of the molecule is O=C(O)C12CCC(COC3CCNCC3)(CC1)CC2. The van der Waals surface area contributed by atoms with E-state index in [-0.39, 0.29) is 0 Å². The van der Waals surface area contributed by atoms with Gasteiger partial charge in [-0.3, -0.25) is 4.79 Å². The molecule has 1 heterocycles. The van der Waals surface area contributed by atoms with Gasteiger partial charge in [-0.15, -0.1) is 0 Å². The lowest BCUT2D eigenvalue weighted by Gasteiger charge is -2.51. The Labute approximate surface area is 114 Å². The van der Waals surface area contributed by atoms with E-state index in [4.69, 9.17) is 4.74 Å². The van der Waals surface area contributed by atoms with Crippen LogP contribution in [0.3, 0.4) is 0 Å². The second-order valence-electron chi connectivity index (χ2n) is 6.85. The van der Waals surface area contributed by atoms with Crippen LogP contribution in [0.25, 0.3) is 0 Å². The number of fused-ring (bicyclic) bond motifs is 3. The van der Waals surface area contributed by atoms with Gasteiger partial charge in [0.1, 0.15) is 0 Å². The Morgan fingerprint density at radius 3 is 2.21 bits per heavy atom. The van der Waals surface area contributed by atoms with Crippen molar-refractivity contribution in [1.29, 1.82) is 0 Å². The molecular weight excluding hydrogens is 242 g/mol. The third-order valence-corrected chi connectivity index (χ3v) is 5.77. The largest absolute Gasteiger partial charge is 0.481 e. The Morgan fingerprint density at radius 1 is 1.11 bits per heavy atom. The van der Waals surface area contributed by atoms with E-state index < -0.39 is 11.4 Å². The van der Waals surface area contributed by atoms with Gasteiger partial charge in [0.05, 0.1) is 18.1 Å².